The van der Waals surface area contributed by atoms with Crippen molar-refractivity contribution in [2.24, 2.45) is 0 Å². The molecule has 4 rings (SSSR count). The number of ether oxygens (including phenoxy) is 1. The lowest BCUT2D eigenvalue weighted by Crippen LogP contribution is -2.22. The van der Waals surface area contributed by atoms with Crippen LogP contribution < -0.4 is 4.74 Å². The standard InChI is InChI=1S/C22H19NO2S/c1-22(24,18-8-5-9-19(13-18)25-2)21-23-20(14-26-21)17-11-10-15-6-3-4-7-16(15)12-17/h3-14,24H,1-2H3. The molecule has 4 heteroatoms. The van der Waals surface area contributed by atoms with E-state index in [2.05, 4.69) is 30.3 Å². The molecule has 0 bridgehead atoms. The number of hydrogen-bond donors (Lipinski definition) is 1. The third-order valence-electron chi connectivity index (χ3n) is 4.60. The Morgan fingerprint density at radius 2 is 1.77 bits per heavy atom. The van der Waals surface area contributed by atoms with Gasteiger partial charge in [-0.3, -0.25) is 0 Å². The minimum Gasteiger partial charge on any atom is -0.497 e. The van der Waals surface area contributed by atoms with E-state index in [9.17, 15) is 5.11 Å². The Morgan fingerprint density at radius 3 is 2.58 bits per heavy atom. The third kappa shape index (κ3) is 2.98. The first-order valence-corrected chi connectivity index (χ1v) is 9.28. The molecular weight excluding hydrogens is 342 g/mol. The van der Waals surface area contributed by atoms with Crippen LogP contribution in [0.5, 0.6) is 5.75 Å². The Hall–Kier alpha value is -2.69. The van der Waals surface area contributed by atoms with Gasteiger partial charge in [0.2, 0.25) is 0 Å². The van der Waals surface area contributed by atoms with Crippen LogP contribution in [0.15, 0.2) is 72.1 Å². The third-order valence-corrected chi connectivity index (χ3v) is 5.65. The van der Waals surface area contributed by atoms with Crippen LogP contribution in [-0.2, 0) is 5.60 Å². The monoisotopic (exact) mass is 361 g/mol. The van der Waals surface area contributed by atoms with E-state index < -0.39 is 5.60 Å². The molecule has 1 unspecified atom stereocenters. The van der Waals surface area contributed by atoms with Gasteiger partial charge in [0.15, 0.2) is 0 Å². The number of fused-ring (bicyclic) bond motifs is 1. The normalized spacial score (nSPS) is 13.5. The van der Waals surface area contributed by atoms with Crippen LogP contribution in [0.3, 0.4) is 0 Å². The van der Waals surface area contributed by atoms with Crippen molar-refractivity contribution in [2.75, 3.05) is 7.11 Å². The van der Waals surface area contributed by atoms with E-state index in [1.165, 1.54) is 22.1 Å². The molecule has 1 heterocycles. The molecule has 0 aliphatic carbocycles. The molecule has 0 saturated heterocycles. The van der Waals surface area contributed by atoms with Crippen LogP contribution in [0.25, 0.3) is 22.0 Å². The van der Waals surface area contributed by atoms with Gasteiger partial charge >= 0.3 is 0 Å². The number of hydrogen-bond acceptors (Lipinski definition) is 4. The summed E-state index contributed by atoms with van der Waals surface area (Å²) in [7, 11) is 1.62. The van der Waals surface area contributed by atoms with Gasteiger partial charge in [0, 0.05) is 10.9 Å². The van der Waals surface area contributed by atoms with Crippen molar-refractivity contribution in [3.63, 3.8) is 0 Å². The van der Waals surface area contributed by atoms with Gasteiger partial charge in [-0.05, 0) is 41.5 Å². The summed E-state index contributed by atoms with van der Waals surface area (Å²) in [4.78, 5) is 4.72. The Bertz CT molecular complexity index is 1070. The Kier molecular flexibility index (Phi) is 4.23. The molecule has 0 saturated carbocycles. The number of aromatic nitrogens is 1. The van der Waals surface area contributed by atoms with E-state index in [0.717, 1.165) is 16.8 Å². The summed E-state index contributed by atoms with van der Waals surface area (Å²) in [5.41, 5.74) is 1.51. The second-order valence-corrected chi connectivity index (χ2v) is 7.26. The molecule has 3 aromatic carbocycles. The van der Waals surface area contributed by atoms with Crippen LogP contribution >= 0.6 is 11.3 Å². The highest BCUT2D eigenvalue weighted by Crippen LogP contribution is 2.35. The fourth-order valence-electron chi connectivity index (χ4n) is 3.03. The minimum atomic E-state index is -1.17. The van der Waals surface area contributed by atoms with Gasteiger partial charge in [0.05, 0.1) is 12.8 Å². The zero-order valence-electron chi connectivity index (χ0n) is 14.6. The summed E-state index contributed by atoms with van der Waals surface area (Å²) >= 11 is 1.46. The van der Waals surface area contributed by atoms with Gasteiger partial charge in [-0.1, -0.05) is 48.5 Å². The number of nitrogens with zero attached hydrogens (tertiary/aromatic N) is 1. The van der Waals surface area contributed by atoms with Crippen molar-refractivity contribution in [3.05, 3.63) is 82.7 Å². The Labute approximate surface area is 156 Å². The SMILES string of the molecule is COc1cccc(C(C)(O)c2nc(-c3ccc4ccccc4c3)cs2)c1. The first kappa shape index (κ1) is 16.8. The van der Waals surface area contributed by atoms with Crippen LogP contribution in [0, 0.1) is 0 Å². The van der Waals surface area contributed by atoms with Gasteiger partial charge in [-0.2, -0.15) is 0 Å². The van der Waals surface area contributed by atoms with Crippen LogP contribution in [0.2, 0.25) is 0 Å². The molecule has 0 radical (unpaired) electrons. The van der Waals surface area contributed by atoms with Crippen LogP contribution in [0.1, 0.15) is 17.5 Å². The predicted molar refractivity (Wildman–Crippen MR) is 107 cm³/mol. The van der Waals surface area contributed by atoms with Crippen molar-refractivity contribution < 1.29 is 9.84 Å². The predicted octanol–water partition coefficient (Wildman–Crippen LogP) is 5.23. The first-order valence-electron chi connectivity index (χ1n) is 8.40. The van der Waals surface area contributed by atoms with E-state index in [1.54, 1.807) is 14.0 Å². The van der Waals surface area contributed by atoms with Crippen molar-refractivity contribution in [1.29, 1.82) is 0 Å². The minimum absolute atomic E-state index is 0.661. The number of thiazole rings is 1. The fraction of sp³-hybridized carbons (Fsp3) is 0.136. The van der Waals surface area contributed by atoms with Crippen molar-refractivity contribution >= 4 is 22.1 Å². The zero-order chi connectivity index (χ0) is 18.1. The van der Waals surface area contributed by atoms with E-state index in [-0.39, 0.29) is 0 Å². The van der Waals surface area contributed by atoms with Gasteiger partial charge < -0.3 is 9.84 Å². The fourth-order valence-corrected chi connectivity index (χ4v) is 3.94. The maximum Gasteiger partial charge on any atom is 0.138 e. The average molecular weight is 361 g/mol. The maximum absolute atomic E-state index is 11.1. The number of methoxy groups -OCH3 is 1. The summed E-state index contributed by atoms with van der Waals surface area (Å²) in [6.45, 7) is 1.77. The topological polar surface area (TPSA) is 42.4 Å². The molecule has 1 N–H and O–H groups in total. The summed E-state index contributed by atoms with van der Waals surface area (Å²) < 4.78 is 5.27. The molecule has 0 fully saturated rings. The van der Waals surface area contributed by atoms with Gasteiger partial charge in [-0.15, -0.1) is 11.3 Å². The summed E-state index contributed by atoms with van der Waals surface area (Å²) in [5, 5.41) is 16.1. The van der Waals surface area contributed by atoms with E-state index in [4.69, 9.17) is 9.72 Å². The highest BCUT2D eigenvalue weighted by molar-refractivity contribution is 7.10. The Morgan fingerprint density at radius 1 is 0.962 bits per heavy atom. The molecule has 0 spiro atoms. The lowest BCUT2D eigenvalue weighted by Gasteiger charge is -2.21. The summed E-state index contributed by atoms with van der Waals surface area (Å²) in [5.74, 6) is 0.717. The second kappa shape index (κ2) is 6.56. The summed E-state index contributed by atoms with van der Waals surface area (Å²) in [6, 6.07) is 22.0. The lowest BCUT2D eigenvalue weighted by atomic mass is 9.96. The highest BCUT2D eigenvalue weighted by atomic mass is 32.1. The van der Waals surface area contributed by atoms with E-state index in [0.29, 0.717) is 10.8 Å². The molecule has 4 aromatic rings. The van der Waals surface area contributed by atoms with Gasteiger partial charge in [0.25, 0.3) is 0 Å². The quantitative estimate of drug-likeness (QED) is 0.541. The van der Waals surface area contributed by atoms with Crippen molar-refractivity contribution in [1.82, 2.24) is 4.98 Å². The molecule has 1 aromatic heterocycles. The summed E-state index contributed by atoms with van der Waals surface area (Å²) in [6.07, 6.45) is 0. The molecular formula is C22H19NO2S. The first-order chi connectivity index (χ1) is 12.6. The van der Waals surface area contributed by atoms with Gasteiger partial charge in [-0.25, -0.2) is 4.98 Å². The average Bonchev–Trinajstić information content (AvgIpc) is 3.19. The molecule has 3 nitrogen and oxygen atoms in total. The molecule has 130 valence electrons. The maximum atomic E-state index is 11.1. The molecule has 1 atom stereocenters. The second-order valence-electron chi connectivity index (χ2n) is 6.40. The van der Waals surface area contributed by atoms with Crippen LogP contribution in [-0.4, -0.2) is 17.2 Å². The molecule has 0 aliphatic rings. The van der Waals surface area contributed by atoms with Crippen LogP contribution in [0.4, 0.5) is 0 Å². The zero-order valence-corrected chi connectivity index (χ0v) is 15.5. The van der Waals surface area contributed by atoms with Crippen molar-refractivity contribution in [2.45, 2.75) is 12.5 Å². The number of aliphatic hydroxyl groups is 1. The van der Waals surface area contributed by atoms with Crippen molar-refractivity contribution in [3.8, 4) is 17.0 Å². The lowest BCUT2D eigenvalue weighted by molar-refractivity contribution is 0.102. The largest absolute Gasteiger partial charge is 0.497 e. The molecule has 0 aliphatic heterocycles. The number of rotatable bonds is 4. The van der Waals surface area contributed by atoms with E-state index in [1.807, 2.05) is 41.8 Å². The van der Waals surface area contributed by atoms with E-state index >= 15 is 0 Å². The smallest absolute Gasteiger partial charge is 0.138 e. The number of benzene rings is 3. The highest BCUT2D eigenvalue weighted by Gasteiger charge is 2.29. The molecule has 26 heavy (non-hydrogen) atoms. The van der Waals surface area contributed by atoms with Gasteiger partial charge in [0.1, 0.15) is 16.4 Å². The molecule has 0 amide bonds. The Balaban J connectivity index is 1.71.